The van der Waals surface area contributed by atoms with Crippen molar-refractivity contribution >= 4 is 0 Å². The highest BCUT2D eigenvalue weighted by atomic mass is 16.3. The lowest BCUT2D eigenvalue weighted by Crippen LogP contribution is -1.89. The minimum atomic E-state index is 0.312. The Labute approximate surface area is 66.7 Å². The van der Waals surface area contributed by atoms with Crippen molar-refractivity contribution in [3.63, 3.8) is 0 Å². The zero-order valence-corrected chi connectivity index (χ0v) is 6.38. The molecule has 11 heavy (non-hydrogen) atoms. The summed E-state index contributed by atoms with van der Waals surface area (Å²) in [7, 11) is 0. The SMILES string of the molecule is [NH]CCCc1cccc(O)c1. The van der Waals surface area contributed by atoms with E-state index in [0.717, 1.165) is 18.4 Å². The minimum Gasteiger partial charge on any atom is -0.508 e. The lowest BCUT2D eigenvalue weighted by Gasteiger charge is -1.98. The number of phenols is 1. The van der Waals surface area contributed by atoms with Crippen LogP contribution in [-0.4, -0.2) is 11.7 Å². The molecule has 0 fully saturated rings. The number of nitrogens with one attached hydrogen (secondary N) is 1. The second kappa shape index (κ2) is 3.98. The molecule has 0 aliphatic rings. The van der Waals surface area contributed by atoms with Crippen LogP contribution in [0.25, 0.3) is 0 Å². The van der Waals surface area contributed by atoms with Crippen molar-refractivity contribution < 1.29 is 5.11 Å². The molecule has 1 aromatic carbocycles. The fraction of sp³-hybridized carbons (Fsp3) is 0.333. The summed E-state index contributed by atoms with van der Waals surface area (Å²) >= 11 is 0. The van der Waals surface area contributed by atoms with Gasteiger partial charge in [-0.3, -0.25) is 5.73 Å². The minimum absolute atomic E-state index is 0.312. The van der Waals surface area contributed by atoms with Gasteiger partial charge in [-0.15, -0.1) is 0 Å². The summed E-state index contributed by atoms with van der Waals surface area (Å²) in [6, 6.07) is 7.20. The number of phenolic OH excluding ortho intramolecular Hbond substituents is 1. The highest BCUT2D eigenvalue weighted by molar-refractivity contribution is 5.27. The fourth-order valence-corrected chi connectivity index (χ4v) is 1.00. The Bertz CT molecular complexity index is 223. The van der Waals surface area contributed by atoms with Gasteiger partial charge in [0.05, 0.1) is 0 Å². The zero-order chi connectivity index (χ0) is 8.10. The van der Waals surface area contributed by atoms with Gasteiger partial charge in [0, 0.05) is 6.54 Å². The molecule has 0 bridgehead atoms. The molecule has 0 heterocycles. The lowest BCUT2D eigenvalue weighted by molar-refractivity contribution is 0.474. The van der Waals surface area contributed by atoms with Crippen LogP contribution >= 0.6 is 0 Å². The number of rotatable bonds is 3. The Balaban J connectivity index is 2.56. The van der Waals surface area contributed by atoms with Crippen molar-refractivity contribution in [3.05, 3.63) is 29.8 Å². The third kappa shape index (κ3) is 2.60. The molecule has 1 aromatic rings. The monoisotopic (exact) mass is 150 g/mol. The first-order valence-corrected chi connectivity index (χ1v) is 3.75. The van der Waals surface area contributed by atoms with Gasteiger partial charge in [0.1, 0.15) is 5.75 Å². The molecule has 2 N–H and O–H groups in total. The summed E-state index contributed by atoms with van der Waals surface area (Å²) in [6.07, 6.45) is 1.75. The highest BCUT2D eigenvalue weighted by Gasteiger charge is 1.92. The molecule has 0 aromatic heterocycles. The maximum Gasteiger partial charge on any atom is 0.115 e. The van der Waals surface area contributed by atoms with Crippen LogP contribution in [0.15, 0.2) is 24.3 Å². The van der Waals surface area contributed by atoms with E-state index < -0.39 is 0 Å². The van der Waals surface area contributed by atoms with E-state index >= 15 is 0 Å². The fourth-order valence-electron chi connectivity index (χ4n) is 1.00. The number of aromatic hydroxyl groups is 1. The Morgan fingerprint density at radius 3 is 2.82 bits per heavy atom. The van der Waals surface area contributed by atoms with E-state index in [4.69, 9.17) is 10.8 Å². The summed E-state index contributed by atoms with van der Waals surface area (Å²) in [6.45, 7) is 0.454. The molecule has 0 spiro atoms. The van der Waals surface area contributed by atoms with Crippen LogP contribution in [-0.2, 0) is 6.42 Å². The molecule has 1 radical (unpaired) electrons. The van der Waals surface area contributed by atoms with E-state index in [2.05, 4.69) is 0 Å². The Morgan fingerprint density at radius 1 is 1.36 bits per heavy atom. The standard InChI is InChI=1S/C9H12NO/c10-6-2-4-8-3-1-5-9(11)7-8/h1,3,5,7,10-11H,2,4,6H2. The van der Waals surface area contributed by atoms with Gasteiger partial charge in [-0.1, -0.05) is 12.1 Å². The second-order valence-electron chi connectivity index (χ2n) is 2.52. The van der Waals surface area contributed by atoms with Gasteiger partial charge in [0.2, 0.25) is 0 Å². The van der Waals surface area contributed by atoms with E-state index in [1.54, 1.807) is 12.1 Å². The lowest BCUT2D eigenvalue weighted by atomic mass is 10.1. The summed E-state index contributed by atoms with van der Waals surface area (Å²) in [5, 5.41) is 9.07. The van der Waals surface area contributed by atoms with Crippen LogP contribution in [0.3, 0.4) is 0 Å². The largest absolute Gasteiger partial charge is 0.508 e. The first-order chi connectivity index (χ1) is 5.33. The number of aryl methyl sites for hydroxylation is 1. The molecule has 2 heteroatoms. The van der Waals surface area contributed by atoms with Crippen molar-refractivity contribution in [2.45, 2.75) is 12.8 Å². The van der Waals surface area contributed by atoms with E-state index in [-0.39, 0.29) is 0 Å². The third-order valence-electron chi connectivity index (χ3n) is 1.55. The average molecular weight is 150 g/mol. The first kappa shape index (κ1) is 8.08. The first-order valence-electron chi connectivity index (χ1n) is 3.75. The van der Waals surface area contributed by atoms with Crippen molar-refractivity contribution in [1.82, 2.24) is 5.73 Å². The Morgan fingerprint density at radius 2 is 2.18 bits per heavy atom. The molecular weight excluding hydrogens is 138 g/mol. The molecule has 0 atom stereocenters. The summed E-state index contributed by atoms with van der Waals surface area (Å²) in [4.78, 5) is 0. The maximum atomic E-state index is 9.07. The van der Waals surface area contributed by atoms with Crippen LogP contribution < -0.4 is 5.73 Å². The molecule has 0 unspecified atom stereocenters. The van der Waals surface area contributed by atoms with Crippen LogP contribution in [0.5, 0.6) is 5.75 Å². The highest BCUT2D eigenvalue weighted by Crippen LogP contribution is 2.11. The normalized spacial score (nSPS) is 9.91. The number of benzene rings is 1. The van der Waals surface area contributed by atoms with Crippen LogP contribution in [0, 0.1) is 0 Å². The van der Waals surface area contributed by atoms with Crippen molar-refractivity contribution in [2.75, 3.05) is 6.54 Å². The van der Waals surface area contributed by atoms with Crippen LogP contribution in [0.4, 0.5) is 0 Å². The van der Waals surface area contributed by atoms with Gasteiger partial charge in [0.15, 0.2) is 0 Å². The molecule has 0 aliphatic carbocycles. The second-order valence-corrected chi connectivity index (χ2v) is 2.52. The summed E-state index contributed by atoms with van der Waals surface area (Å²) in [5.41, 5.74) is 8.05. The number of hydrogen-bond donors (Lipinski definition) is 1. The molecule has 0 amide bonds. The van der Waals surface area contributed by atoms with Crippen LogP contribution in [0.1, 0.15) is 12.0 Å². The topological polar surface area (TPSA) is 44.0 Å². The number of hydrogen-bond acceptors (Lipinski definition) is 1. The van der Waals surface area contributed by atoms with Gasteiger partial charge in [-0.05, 0) is 30.5 Å². The van der Waals surface area contributed by atoms with Gasteiger partial charge < -0.3 is 5.11 Å². The molecule has 1 rings (SSSR count). The molecule has 0 aliphatic heterocycles. The van der Waals surface area contributed by atoms with Crippen molar-refractivity contribution in [2.24, 2.45) is 0 Å². The predicted octanol–water partition coefficient (Wildman–Crippen LogP) is 1.61. The molecule has 2 nitrogen and oxygen atoms in total. The maximum absolute atomic E-state index is 9.07. The summed E-state index contributed by atoms with van der Waals surface area (Å²) in [5.74, 6) is 0.312. The molecular formula is C9H12NO. The quantitative estimate of drug-likeness (QED) is 0.698. The molecule has 59 valence electrons. The predicted molar refractivity (Wildman–Crippen MR) is 44.4 cm³/mol. The van der Waals surface area contributed by atoms with E-state index in [1.165, 1.54) is 0 Å². The Kier molecular flexibility index (Phi) is 2.93. The van der Waals surface area contributed by atoms with Gasteiger partial charge in [0.25, 0.3) is 0 Å². The van der Waals surface area contributed by atoms with Crippen LogP contribution in [0.2, 0.25) is 0 Å². The van der Waals surface area contributed by atoms with Gasteiger partial charge >= 0.3 is 0 Å². The summed E-state index contributed by atoms with van der Waals surface area (Å²) < 4.78 is 0. The van der Waals surface area contributed by atoms with E-state index in [9.17, 15) is 0 Å². The van der Waals surface area contributed by atoms with Gasteiger partial charge in [-0.2, -0.15) is 0 Å². The Hall–Kier alpha value is -1.02. The average Bonchev–Trinajstić information content (AvgIpc) is 2.01. The van der Waals surface area contributed by atoms with Crippen molar-refractivity contribution in [1.29, 1.82) is 0 Å². The smallest absolute Gasteiger partial charge is 0.115 e. The zero-order valence-electron chi connectivity index (χ0n) is 6.38. The van der Waals surface area contributed by atoms with Gasteiger partial charge in [-0.25, -0.2) is 0 Å². The van der Waals surface area contributed by atoms with Crippen molar-refractivity contribution in [3.8, 4) is 5.75 Å². The third-order valence-corrected chi connectivity index (χ3v) is 1.55. The van der Waals surface area contributed by atoms with E-state index in [1.807, 2.05) is 12.1 Å². The molecule has 0 saturated carbocycles. The molecule has 0 saturated heterocycles. The van der Waals surface area contributed by atoms with E-state index in [0.29, 0.717) is 12.3 Å².